The lowest BCUT2D eigenvalue weighted by Gasteiger charge is -2.06. The Balaban J connectivity index is 1.42. The molecule has 0 saturated heterocycles. The van der Waals surface area contributed by atoms with E-state index in [1.807, 2.05) is 31.2 Å². The van der Waals surface area contributed by atoms with E-state index in [0.717, 1.165) is 34.0 Å². The minimum Gasteiger partial charge on any atom is -0.420 e. The summed E-state index contributed by atoms with van der Waals surface area (Å²) in [6.45, 7) is 2.83. The van der Waals surface area contributed by atoms with Crippen molar-refractivity contribution in [2.75, 3.05) is 0 Å². The molecule has 0 atom stereocenters. The predicted octanol–water partition coefficient (Wildman–Crippen LogP) is 5.00. The zero-order valence-corrected chi connectivity index (χ0v) is 17.7. The van der Waals surface area contributed by atoms with Crippen molar-refractivity contribution in [3.8, 4) is 11.5 Å². The van der Waals surface area contributed by atoms with Gasteiger partial charge in [-0.2, -0.15) is 0 Å². The number of hydrogen-bond donors (Lipinski definition) is 0. The van der Waals surface area contributed by atoms with Crippen LogP contribution in [0.5, 0.6) is 0 Å². The first-order valence-corrected chi connectivity index (χ1v) is 11.0. The number of thiophene rings is 1. The van der Waals surface area contributed by atoms with Gasteiger partial charge in [0.25, 0.3) is 0 Å². The molecule has 0 N–H and O–H groups in total. The number of thioether (sulfide) groups is 1. The number of aryl methyl sites for hydroxylation is 2. The van der Waals surface area contributed by atoms with Gasteiger partial charge in [-0.25, -0.2) is 0 Å². The van der Waals surface area contributed by atoms with E-state index in [1.54, 1.807) is 23.1 Å². The van der Waals surface area contributed by atoms with Gasteiger partial charge in [0.2, 0.25) is 11.8 Å². The first kappa shape index (κ1) is 18.4. The summed E-state index contributed by atoms with van der Waals surface area (Å²) < 4.78 is 8.90. The summed E-state index contributed by atoms with van der Waals surface area (Å²) >= 11 is 6.78. The summed E-state index contributed by atoms with van der Waals surface area (Å²) in [5, 5.41) is 19.8. The lowest BCUT2D eigenvalue weighted by molar-refractivity contribution is 0.527. The maximum Gasteiger partial charge on any atom is 0.247 e. The van der Waals surface area contributed by atoms with Gasteiger partial charge >= 0.3 is 0 Å². The maximum absolute atomic E-state index is 5.79. The standard InChI is InChI=1S/C18H16BrN5OS2/c1-12-20-23-18(24(12)8-7-15-6-3-9-26-15)27-11-16-21-22-17(25-16)13-4-2-5-14(19)10-13/h2-6,9-10H,7-8,11H2,1H3. The molecule has 0 aliphatic heterocycles. The molecule has 0 amide bonds. The first-order valence-electron chi connectivity index (χ1n) is 8.32. The van der Waals surface area contributed by atoms with Gasteiger partial charge in [0.1, 0.15) is 5.82 Å². The number of halogens is 1. The fourth-order valence-electron chi connectivity index (χ4n) is 2.58. The zero-order chi connectivity index (χ0) is 18.6. The maximum atomic E-state index is 5.79. The molecule has 3 heterocycles. The Labute approximate surface area is 173 Å². The lowest BCUT2D eigenvalue weighted by atomic mass is 10.2. The second-order valence-corrected chi connectivity index (χ2v) is 8.70. The minimum atomic E-state index is 0.516. The summed E-state index contributed by atoms with van der Waals surface area (Å²) in [5.74, 6) is 2.55. The highest BCUT2D eigenvalue weighted by molar-refractivity contribution is 9.10. The Kier molecular flexibility index (Phi) is 5.70. The molecule has 4 rings (SSSR count). The van der Waals surface area contributed by atoms with Crippen LogP contribution in [0.1, 0.15) is 16.6 Å². The predicted molar refractivity (Wildman–Crippen MR) is 110 cm³/mol. The monoisotopic (exact) mass is 461 g/mol. The van der Waals surface area contributed by atoms with E-state index in [4.69, 9.17) is 4.42 Å². The van der Waals surface area contributed by atoms with Crippen LogP contribution in [-0.4, -0.2) is 25.0 Å². The molecule has 0 spiro atoms. The molecule has 9 heteroatoms. The van der Waals surface area contributed by atoms with E-state index in [1.165, 1.54) is 4.88 Å². The first-order chi connectivity index (χ1) is 13.2. The van der Waals surface area contributed by atoms with Crippen molar-refractivity contribution >= 4 is 39.0 Å². The van der Waals surface area contributed by atoms with E-state index in [2.05, 4.69) is 58.4 Å². The zero-order valence-electron chi connectivity index (χ0n) is 14.5. The second kappa shape index (κ2) is 8.37. The smallest absolute Gasteiger partial charge is 0.247 e. The lowest BCUT2D eigenvalue weighted by Crippen LogP contribution is -2.04. The number of hydrogen-bond acceptors (Lipinski definition) is 7. The van der Waals surface area contributed by atoms with Crippen molar-refractivity contribution in [2.45, 2.75) is 30.8 Å². The topological polar surface area (TPSA) is 69.6 Å². The average molecular weight is 462 g/mol. The summed E-state index contributed by atoms with van der Waals surface area (Å²) in [4.78, 5) is 1.36. The van der Waals surface area contributed by atoms with Crippen molar-refractivity contribution in [3.05, 3.63) is 62.8 Å². The van der Waals surface area contributed by atoms with Crippen molar-refractivity contribution in [3.63, 3.8) is 0 Å². The summed E-state index contributed by atoms with van der Waals surface area (Å²) in [6.07, 6.45) is 0.970. The molecular formula is C18H16BrN5OS2. The van der Waals surface area contributed by atoms with Gasteiger partial charge in [0, 0.05) is 21.5 Å². The number of rotatable bonds is 7. The van der Waals surface area contributed by atoms with Crippen LogP contribution in [0.3, 0.4) is 0 Å². The molecule has 1 aromatic carbocycles. The average Bonchev–Trinajstić information content (AvgIpc) is 3.40. The van der Waals surface area contributed by atoms with Crippen LogP contribution < -0.4 is 0 Å². The Morgan fingerprint density at radius 3 is 2.89 bits per heavy atom. The summed E-state index contributed by atoms with van der Waals surface area (Å²) in [6, 6.07) is 12.0. The van der Waals surface area contributed by atoms with Gasteiger partial charge in [-0.15, -0.1) is 31.7 Å². The van der Waals surface area contributed by atoms with Crippen LogP contribution in [-0.2, 0) is 18.7 Å². The third-order valence-corrected chi connectivity index (χ3v) is 6.31. The molecule has 138 valence electrons. The summed E-state index contributed by atoms with van der Waals surface area (Å²) in [5.41, 5.74) is 0.892. The van der Waals surface area contributed by atoms with Crippen molar-refractivity contribution in [1.29, 1.82) is 0 Å². The Morgan fingerprint density at radius 2 is 2.07 bits per heavy atom. The van der Waals surface area contributed by atoms with Gasteiger partial charge in [0.05, 0.1) is 5.75 Å². The molecule has 27 heavy (non-hydrogen) atoms. The van der Waals surface area contributed by atoms with Crippen molar-refractivity contribution in [2.24, 2.45) is 0 Å². The Bertz CT molecular complexity index is 1030. The van der Waals surface area contributed by atoms with Crippen LogP contribution in [0, 0.1) is 6.92 Å². The molecule has 4 aromatic rings. The third kappa shape index (κ3) is 4.48. The van der Waals surface area contributed by atoms with Crippen molar-refractivity contribution in [1.82, 2.24) is 25.0 Å². The molecule has 0 fully saturated rings. The third-order valence-electron chi connectivity index (χ3n) is 3.93. The van der Waals surface area contributed by atoms with Crippen LogP contribution >= 0.6 is 39.0 Å². The molecule has 0 unspecified atom stereocenters. The SMILES string of the molecule is Cc1nnc(SCc2nnc(-c3cccc(Br)c3)o2)n1CCc1cccs1. The van der Waals surface area contributed by atoms with E-state index < -0.39 is 0 Å². The molecule has 0 saturated carbocycles. The van der Waals surface area contributed by atoms with E-state index in [9.17, 15) is 0 Å². The molecule has 3 aromatic heterocycles. The molecular weight excluding hydrogens is 446 g/mol. The van der Waals surface area contributed by atoms with Gasteiger partial charge in [-0.05, 0) is 43.0 Å². The quantitative estimate of drug-likeness (QED) is 0.360. The Hall–Kier alpha value is -1.97. The largest absolute Gasteiger partial charge is 0.420 e. The van der Waals surface area contributed by atoms with Crippen LogP contribution in [0.4, 0.5) is 0 Å². The number of benzene rings is 1. The van der Waals surface area contributed by atoms with Crippen molar-refractivity contribution < 1.29 is 4.42 Å². The fraction of sp³-hybridized carbons (Fsp3) is 0.222. The molecule has 0 aliphatic carbocycles. The Morgan fingerprint density at radius 1 is 1.15 bits per heavy atom. The van der Waals surface area contributed by atoms with E-state index >= 15 is 0 Å². The molecule has 0 bridgehead atoms. The van der Waals surface area contributed by atoms with Crippen LogP contribution in [0.15, 0.2) is 55.8 Å². The van der Waals surface area contributed by atoms with E-state index in [0.29, 0.717) is 17.5 Å². The van der Waals surface area contributed by atoms with Gasteiger partial charge in [-0.3, -0.25) is 0 Å². The van der Waals surface area contributed by atoms with Gasteiger partial charge in [0.15, 0.2) is 5.16 Å². The van der Waals surface area contributed by atoms with Crippen LogP contribution in [0.25, 0.3) is 11.5 Å². The highest BCUT2D eigenvalue weighted by Gasteiger charge is 2.13. The normalized spacial score (nSPS) is 11.2. The van der Waals surface area contributed by atoms with Gasteiger partial charge in [-0.1, -0.05) is 39.8 Å². The second-order valence-electron chi connectivity index (χ2n) is 5.81. The highest BCUT2D eigenvalue weighted by Crippen LogP contribution is 2.25. The number of aromatic nitrogens is 5. The fourth-order valence-corrected chi connectivity index (χ4v) is 4.52. The molecule has 0 radical (unpaired) electrons. The number of nitrogens with zero attached hydrogens (tertiary/aromatic N) is 5. The van der Waals surface area contributed by atoms with Crippen LogP contribution in [0.2, 0.25) is 0 Å². The van der Waals surface area contributed by atoms with Gasteiger partial charge < -0.3 is 8.98 Å². The summed E-state index contributed by atoms with van der Waals surface area (Å²) in [7, 11) is 0. The highest BCUT2D eigenvalue weighted by atomic mass is 79.9. The molecule has 0 aliphatic rings. The van der Waals surface area contributed by atoms with E-state index in [-0.39, 0.29) is 0 Å². The molecule has 6 nitrogen and oxygen atoms in total. The minimum absolute atomic E-state index is 0.516.